The quantitative estimate of drug-likeness (QED) is 0.293. The lowest BCUT2D eigenvalue weighted by molar-refractivity contribution is 0.273. The first-order valence-corrected chi connectivity index (χ1v) is 10.5. The maximum absolute atomic E-state index is 13.7. The minimum atomic E-state index is -0.467. The second-order valence-corrected chi connectivity index (χ2v) is 7.46. The van der Waals surface area contributed by atoms with Gasteiger partial charge in [-0.05, 0) is 30.7 Å². The van der Waals surface area contributed by atoms with Gasteiger partial charge in [-0.2, -0.15) is 4.39 Å². The molecule has 2 aromatic rings. The van der Waals surface area contributed by atoms with Crippen LogP contribution in [0.2, 0.25) is 0 Å². The van der Waals surface area contributed by atoms with E-state index in [4.69, 9.17) is 5.73 Å². The summed E-state index contributed by atoms with van der Waals surface area (Å²) in [6.45, 7) is 4.38. The van der Waals surface area contributed by atoms with Crippen molar-refractivity contribution in [3.63, 3.8) is 0 Å². The van der Waals surface area contributed by atoms with Crippen molar-refractivity contribution < 1.29 is 9.50 Å². The van der Waals surface area contributed by atoms with Crippen molar-refractivity contribution in [2.45, 2.75) is 25.8 Å². The Balaban J connectivity index is 1.85. The van der Waals surface area contributed by atoms with E-state index < -0.39 is 5.95 Å². The van der Waals surface area contributed by atoms with Gasteiger partial charge < -0.3 is 26.1 Å². The zero-order valence-electron chi connectivity index (χ0n) is 18.1. The minimum absolute atomic E-state index is 0.182. The summed E-state index contributed by atoms with van der Waals surface area (Å²) in [7, 11) is 1.77. The third kappa shape index (κ3) is 5.46. The molecule has 1 aromatic heterocycles. The van der Waals surface area contributed by atoms with Crippen LogP contribution in [0.3, 0.4) is 0 Å². The standard InChI is InChI=1S/C23H31FN6O/c1-3-6-18-16-29(11-12-30(18)17-9-10-27-23(24)14-17)19(15-25)13-21(28-26-2)20-7-4-5-8-22(20)31/h4-5,7-10,13-15,18,26,28,31H,3,6,11-12,16,25H2,1-2H3/b19-15+,21-13-. The first-order chi connectivity index (χ1) is 15.1. The fourth-order valence-electron chi connectivity index (χ4n) is 3.99. The van der Waals surface area contributed by atoms with Gasteiger partial charge in [-0.15, -0.1) is 0 Å². The number of phenolic OH excluding ortho intramolecular Hbond substituents is 1. The van der Waals surface area contributed by atoms with Crippen LogP contribution in [0.15, 0.2) is 60.6 Å². The van der Waals surface area contributed by atoms with Crippen LogP contribution in [0.25, 0.3) is 5.70 Å². The first-order valence-electron chi connectivity index (χ1n) is 10.5. The van der Waals surface area contributed by atoms with E-state index in [2.05, 4.69) is 32.6 Å². The third-order valence-electron chi connectivity index (χ3n) is 5.43. The number of benzene rings is 1. The Morgan fingerprint density at radius 2 is 2.13 bits per heavy atom. The number of phenols is 1. The van der Waals surface area contributed by atoms with Gasteiger partial charge in [0.25, 0.3) is 0 Å². The summed E-state index contributed by atoms with van der Waals surface area (Å²) in [4.78, 5) is 8.15. The normalized spacial score (nSPS) is 17.7. The van der Waals surface area contributed by atoms with Crippen LogP contribution < -0.4 is 21.5 Å². The Hall–Kier alpha value is -3.26. The Morgan fingerprint density at radius 1 is 1.32 bits per heavy atom. The summed E-state index contributed by atoms with van der Waals surface area (Å²) in [5.41, 5.74) is 15.1. The van der Waals surface area contributed by atoms with Gasteiger partial charge >= 0.3 is 0 Å². The third-order valence-corrected chi connectivity index (χ3v) is 5.43. The smallest absolute Gasteiger partial charge is 0.214 e. The lowest BCUT2D eigenvalue weighted by Crippen LogP contribution is -2.53. The van der Waals surface area contributed by atoms with Gasteiger partial charge in [0.2, 0.25) is 5.95 Å². The molecule has 8 heteroatoms. The summed E-state index contributed by atoms with van der Waals surface area (Å²) in [6, 6.07) is 10.7. The molecule has 1 fully saturated rings. The Labute approximate surface area is 183 Å². The number of hydrogen-bond acceptors (Lipinski definition) is 7. The monoisotopic (exact) mass is 426 g/mol. The number of piperazine rings is 1. The molecule has 7 nitrogen and oxygen atoms in total. The number of anilines is 1. The van der Waals surface area contributed by atoms with Crippen molar-refractivity contribution >= 4 is 11.4 Å². The summed E-state index contributed by atoms with van der Waals surface area (Å²) in [5, 5.41) is 10.3. The molecule has 1 aromatic carbocycles. The van der Waals surface area contributed by atoms with Crippen molar-refractivity contribution in [2.24, 2.45) is 5.73 Å². The van der Waals surface area contributed by atoms with Crippen LogP contribution in [-0.4, -0.2) is 47.7 Å². The van der Waals surface area contributed by atoms with Crippen molar-refractivity contribution in [3.05, 3.63) is 72.1 Å². The lowest BCUT2D eigenvalue weighted by atomic mass is 10.0. The fraction of sp³-hybridized carbons (Fsp3) is 0.348. The molecule has 3 rings (SSSR count). The molecule has 1 saturated heterocycles. The molecule has 1 unspecified atom stereocenters. The van der Waals surface area contributed by atoms with E-state index >= 15 is 0 Å². The molecule has 166 valence electrons. The summed E-state index contributed by atoms with van der Waals surface area (Å²) in [6.07, 6.45) is 7.02. The van der Waals surface area contributed by atoms with Crippen LogP contribution in [0, 0.1) is 5.95 Å². The predicted molar refractivity (Wildman–Crippen MR) is 122 cm³/mol. The molecular weight excluding hydrogens is 395 g/mol. The predicted octanol–water partition coefficient (Wildman–Crippen LogP) is 2.78. The number of pyridine rings is 1. The Bertz CT molecular complexity index is 932. The fourth-order valence-corrected chi connectivity index (χ4v) is 3.99. The summed E-state index contributed by atoms with van der Waals surface area (Å²) in [5.74, 6) is -0.285. The van der Waals surface area contributed by atoms with Gasteiger partial charge in [0.15, 0.2) is 0 Å². The summed E-state index contributed by atoms with van der Waals surface area (Å²) < 4.78 is 13.7. The number of allylic oxidation sites excluding steroid dienone is 1. The maximum atomic E-state index is 13.7. The van der Waals surface area contributed by atoms with E-state index in [9.17, 15) is 9.50 Å². The molecular formula is C23H31FN6O. The number of hydrazine groups is 1. The number of aromatic nitrogens is 1. The largest absolute Gasteiger partial charge is 0.507 e. The minimum Gasteiger partial charge on any atom is -0.507 e. The number of halogens is 1. The molecule has 0 aliphatic carbocycles. The number of nitrogens with two attached hydrogens (primary N) is 1. The van der Waals surface area contributed by atoms with E-state index in [0.717, 1.165) is 43.9 Å². The molecule has 0 bridgehead atoms. The number of nitrogens with zero attached hydrogens (tertiary/aromatic N) is 3. The highest BCUT2D eigenvalue weighted by atomic mass is 19.1. The van der Waals surface area contributed by atoms with Gasteiger partial charge in [0.05, 0.1) is 11.4 Å². The number of nitrogens with one attached hydrogen (secondary N) is 2. The van der Waals surface area contributed by atoms with Crippen LogP contribution in [0.1, 0.15) is 25.3 Å². The van der Waals surface area contributed by atoms with Gasteiger partial charge in [0, 0.05) is 62.4 Å². The molecule has 0 amide bonds. The highest BCUT2D eigenvalue weighted by Gasteiger charge is 2.28. The zero-order chi connectivity index (χ0) is 22.2. The second kappa shape index (κ2) is 10.7. The maximum Gasteiger partial charge on any atom is 0.214 e. The average Bonchev–Trinajstić information content (AvgIpc) is 2.77. The van der Waals surface area contributed by atoms with Gasteiger partial charge in [-0.25, -0.2) is 10.4 Å². The number of hydrogen-bond donors (Lipinski definition) is 4. The SMILES string of the molecule is CCCC1CN(C(/C=C(\NNC)c2ccccc2O)=C/N)CCN1c1ccnc(F)c1. The van der Waals surface area contributed by atoms with E-state index in [1.807, 2.05) is 24.3 Å². The van der Waals surface area contributed by atoms with Crippen LogP contribution in [0.5, 0.6) is 5.75 Å². The van der Waals surface area contributed by atoms with Crippen LogP contribution in [-0.2, 0) is 0 Å². The molecule has 0 saturated carbocycles. The van der Waals surface area contributed by atoms with Gasteiger partial charge in [-0.3, -0.25) is 0 Å². The molecule has 31 heavy (non-hydrogen) atoms. The Kier molecular flexibility index (Phi) is 7.72. The van der Waals surface area contributed by atoms with Crippen molar-refractivity contribution in [1.82, 2.24) is 20.7 Å². The summed E-state index contributed by atoms with van der Waals surface area (Å²) >= 11 is 0. The van der Waals surface area contributed by atoms with Crippen molar-refractivity contribution in [3.8, 4) is 5.75 Å². The average molecular weight is 427 g/mol. The Morgan fingerprint density at radius 3 is 2.81 bits per heavy atom. The van der Waals surface area contributed by atoms with E-state index in [1.165, 1.54) is 12.3 Å². The molecule has 0 spiro atoms. The number of para-hydroxylation sites is 1. The van der Waals surface area contributed by atoms with Crippen molar-refractivity contribution in [2.75, 3.05) is 31.6 Å². The number of aromatic hydroxyl groups is 1. The van der Waals surface area contributed by atoms with Gasteiger partial charge in [-0.1, -0.05) is 25.5 Å². The highest BCUT2D eigenvalue weighted by Crippen LogP contribution is 2.27. The number of rotatable bonds is 8. The van der Waals surface area contributed by atoms with E-state index in [0.29, 0.717) is 11.3 Å². The van der Waals surface area contributed by atoms with E-state index in [-0.39, 0.29) is 11.8 Å². The molecule has 2 heterocycles. The van der Waals surface area contributed by atoms with Gasteiger partial charge in [0.1, 0.15) is 5.75 Å². The molecule has 1 aliphatic heterocycles. The highest BCUT2D eigenvalue weighted by molar-refractivity contribution is 5.70. The molecule has 1 atom stereocenters. The van der Waals surface area contributed by atoms with Crippen LogP contribution in [0.4, 0.5) is 10.1 Å². The first kappa shape index (κ1) is 22.4. The second-order valence-electron chi connectivity index (χ2n) is 7.46. The topological polar surface area (TPSA) is 89.7 Å². The van der Waals surface area contributed by atoms with Crippen LogP contribution >= 0.6 is 0 Å². The van der Waals surface area contributed by atoms with Crippen molar-refractivity contribution in [1.29, 1.82) is 0 Å². The molecule has 1 aliphatic rings. The molecule has 0 radical (unpaired) electrons. The van der Waals surface area contributed by atoms with E-state index in [1.54, 1.807) is 25.4 Å². The zero-order valence-corrected chi connectivity index (χ0v) is 18.1. The lowest BCUT2D eigenvalue weighted by Gasteiger charge is -2.44. The molecule has 5 N–H and O–H groups in total.